The zero-order valence-corrected chi connectivity index (χ0v) is 10.7. The van der Waals surface area contributed by atoms with Crippen molar-refractivity contribution in [1.29, 1.82) is 0 Å². The molecule has 0 aliphatic heterocycles. The predicted octanol–water partition coefficient (Wildman–Crippen LogP) is -4.99. The molecule has 0 radical (unpaired) electrons. The molecule has 0 bridgehead atoms. The van der Waals surface area contributed by atoms with Crippen LogP contribution >= 0.6 is 0 Å². The Kier molecular flexibility index (Phi) is 36.9. The Morgan fingerprint density at radius 1 is 1.57 bits per heavy atom. The van der Waals surface area contributed by atoms with Gasteiger partial charge in [0.15, 0.2) is 0 Å². The van der Waals surface area contributed by atoms with Gasteiger partial charge in [0.1, 0.15) is 0 Å². The summed E-state index contributed by atoms with van der Waals surface area (Å²) in [5, 5.41) is 8.07. The topological polar surface area (TPSA) is 20.2 Å². The van der Waals surface area contributed by atoms with E-state index in [1.54, 1.807) is 0 Å². The molecule has 0 aromatic carbocycles. The summed E-state index contributed by atoms with van der Waals surface area (Å²) in [4.78, 5) is 0. The summed E-state index contributed by atoms with van der Waals surface area (Å²) in [5.74, 6) is 0. The van der Waals surface area contributed by atoms with Crippen molar-refractivity contribution >= 4 is 0 Å². The molecule has 0 saturated heterocycles. The van der Waals surface area contributed by atoms with E-state index in [0.717, 1.165) is 12.8 Å². The van der Waals surface area contributed by atoms with E-state index in [1.165, 1.54) is 0 Å². The molecule has 0 aromatic heterocycles. The summed E-state index contributed by atoms with van der Waals surface area (Å²) in [6.07, 6.45) is 2.04. The molecule has 0 amide bonds. The quantitative estimate of drug-likeness (QED) is 0.379. The van der Waals surface area contributed by atoms with Gasteiger partial charge in [0, 0.05) is 6.61 Å². The largest absolute Gasteiger partial charge is 1.00 e. The van der Waals surface area contributed by atoms with Crippen molar-refractivity contribution < 1.29 is 88.9 Å². The maximum Gasteiger partial charge on any atom is 1.00 e. The molecule has 36 valence electrons. The molecule has 0 spiro atoms. The summed E-state index contributed by atoms with van der Waals surface area (Å²) >= 11 is 0. The second kappa shape index (κ2) is 15.8. The van der Waals surface area contributed by atoms with E-state index in [2.05, 4.69) is 6.92 Å². The van der Waals surface area contributed by atoms with Gasteiger partial charge in [0.25, 0.3) is 0 Å². The van der Waals surface area contributed by atoms with Gasteiger partial charge in [-0.15, -0.1) is 0 Å². The number of aliphatic hydroxyl groups excluding tert-OH is 1. The molecule has 0 aromatic rings. The Morgan fingerprint density at radius 3 is 2.00 bits per heavy atom. The molecule has 0 rings (SSSR count). The van der Waals surface area contributed by atoms with Crippen molar-refractivity contribution in [2.45, 2.75) is 19.8 Å². The van der Waals surface area contributed by atoms with Crippen LogP contribution in [0.15, 0.2) is 0 Å². The van der Waals surface area contributed by atoms with Crippen LogP contribution in [0.25, 0.3) is 0 Å². The van der Waals surface area contributed by atoms with Gasteiger partial charge >= 0.3 is 80.9 Å². The number of hydrogen-bond acceptors (Lipinski definition) is 1. The fourth-order valence-electron chi connectivity index (χ4n) is 0.158. The fraction of sp³-hybridized carbons (Fsp3) is 1.00. The van der Waals surface area contributed by atoms with Gasteiger partial charge in [-0.2, -0.15) is 0 Å². The van der Waals surface area contributed by atoms with Crippen molar-refractivity contribution in [2.24, 2.45) is 0 Å². The van der Waals surface area contributed by atoms with Crippen molar-refractivity contribution in [3.05, 3.63) is 0 Å². The molecule has 7 heavy (non-hydrogen) atoms. The Labute approximate surface area is 113 Å². The third-order valence-corrected chi connectivity index (χ3v) is 0.512. The van der Waals surface area contributed by atoms with Crippen molar-refractivity contribution in [3.63, 3.8) is 0 Å². The number of rotatable bonds is 2. The second-order valence-electron chi connectivity index (χ2n) is 1.08. The van der Waals surface area contributed by atoms with Crippen LogP contribution < -0.4 is 80.9 Å². The van der Waals surface area contributed by atoms with E-state index < -0.39 is 0 Å². The molecule has 0 saturated carbocycles. The molecular formula is C4H12KNaO. The predicted molar refractivity (Wildman–Crippen MR) is 24.2 cm³/mol. The third-order valence-electron chi connectivity index (χ3n) is 0.512. The van der Waals surface area contributed by atoms with Crippen LogP contribution in [0.5, 0.6) is 0 Å². The van der Waals surface area contributed by atoms with Gasteiger partial charge in [-0.3, -0.25) is 0 Å². The van der Waals surface area contributed by atoms with Crippen molar-refractivity contribution in [2.75, 3.05) is 6.61 Å². The van der Waals surface area contributed by atoms with E-state index in [1.807, 2.05) is 0 Å². The summed E-state index contributed by atoms with van der Waals surface area (Å²) in [5.41, 5.74) is 0. The molecule has 0 unspecified atom stereocenters. The van der Waals surface area contributed by atoms with E-state index in [0.29, 0.717) is 6.61 Å². The van der Waals surface area contributed by atoms with Gasteiger partial charge in [-0.25, -0.2) is 0 Å². The normalized spacial score (nSPS) is 6.00. The van der Waals surface area contributed by atoms with Crippen molar-refractivity contribution in [3.8, 4) is 0 Å². The molecule has 3 heteroatoms. The van der Waals surface area contributed by atoms with Gasteiger partial charge < -0.3 is 7.96 Å². The van der Waals surface area contributed by atoms with E-state index in [9.17, 15) is 0 Å². The molecule has 0 atom stereocenters. The van der Waals surface area contributed by atoms with Crippen LogP contribution in [-0.4, -0.2) is 11.7 Å². The monoisotopic (exact) mass is 138 g/mol. The zero-order chi connectivity index (χ0) is 4.12. The molecule has 1 nitrogen and oxygen atoms in total. The molecule has 0 aliphatic carbocycles. The van der Waals surface area contributed by atoms with Gasteiger partial charge in [0.2, 0.25) is 0 Å². The van der Waals surface area contributed by atoms with Crippen LogP contribution in [0.1, 0.15) is 22.6 Å². The van der Waals surface area contributed by atoms with E-state index in [-0.39, 0.29) is 83.8 Å². The second-order valence-corrected chi connectivity index (χ2v) is 1.08. The average Bonchev–Trinajstić information content (AvgIpc) is 1.41. The Morgan fingerprint density at radius 2 is 2.00 bits per heavy atom. The van der Waals surface area contributed by atoms with Crippen LogP contribution in [0.2, 0.25) is 0 Å². The minimum Gasteiger partial charge on any atom is -1.00 e. The van der Waals surface area contributed by atoms with E-state index in [4.69, 9.17) is 5.11 Å². The van der Waals surface area contributed by atoms with Gasteiger partial charge in [-0.05, 0) is 6.42 Å². The number of unbranched alkanes of at least 4 members (excludes halogenated alkanes) is 1. The van der Waals surface area contributed by atoms with E-state index >= 15 is 0 Å². The zero-order valence-electron chi connectivity index (χ0n) is 7.57. The van der Waals surface area contributed by atoms with Crippen molar-refractivity contribution in [1.82, 2.24) is 0 Å². The summed E-state index contributed by atoms with van der Waals surface area (Å²) in [6.45, 7) is 2.40. The average molecular weight is 138 g/mol. The molecule has 0 aliphatic rings. The maximum absolute atomic E-state index is 8.07. The molecular weight excluding hydrogens is 126 g/mol. The first-order chi connectivity index (χ1) is 2.41. The Hall–Kier alpha value is 2.60. The van der Waals surface area contributed by atoms with Crippen LogP contribution in [-0.2, 0) is 0 Å². The van der Waals surface area contributed by atoms with Gasteiger partial charge in [-0.1, -0.05) is 13.3 Å². The Bertz CT molecular complexity index is 26.0. The van der Waals surface area contributed by atoms with Gasteiger partial charge in [0.05, 0.1) is 0 Å². The maximum atomic E-state index is 8.07. The molecule has 0 fully saturated rings. The summed E-state index contributed by atoms with van der Waals surface area (Å²) < 4.78 is 0. The number of hydrogen-bond donors (Lipinski definition) is 1. The van der Waals surface area contributed by atoms with Crippen LogP contribution in [0.3, 0.4) is 0 Å². The first-order valence-electron chi connectivity index (χ1n) is 2.02. The first kappa shape index (κ1) is 16.3. The van der Waals surface area contributed by atoms with Crippen LogP contribution in [0, 0.1) is 0 Å². The smallest absolute Gasteiger partial charge is 1.00 e. The SMILES string of the molecule is CCCCO.[H-].[H-].[K+].[Na+]. The molecule has 0 heterocycles. The minimum absolute atomic E-state index is 0. The summed E-state index contributed by atoms with van der Waals surface area (Å²) in [6, 6.07) is 0. The first-order valence-corrected chi connectivity index (χ1v) is 2.02. The standard InChI is InChI=1S/C4H10O.K.Na.2H/c1-2-3-4-5;;;;/h5H,2-4H2,1H3;;;;/q;2*+1;2*-1. The molecule has 1 N–H and O–H groups in total. The number of aliphatic hydroxyl groups is 1. The third kappa shape index (κ3) is 17.7. The Balaban J connectivity index is -0.0000000133. The minimum atomic E-state index is 0. The van der Waals surface area contributed by atoms with Crippen LogP contribution in [0.4, 0.5) is 0 Å². The summed E-state index contributed by atoms with van der Waals surface area (Å²) in [7, 11) is 0. The fourth-order valence-corrected chi connectivity index (χ4v) is 0.158.